The molecule has 0 radical (unpaired) electrons. The monoisotopic (exact) mass is 408 g/mol. The number of hydrogen-bond donors (Lipinski definition) is 2. The molecule has 1 heterocycles. The van der Waals surface area contributed by atoms with Crippen LogP contribution in [0, 0.1) is 5.82 Å². The summed E-state index contributed by atoms with van der Waals surface area (Å²) in [5, 5.41) is 3.26. The molecular weight excluding hydrogens is 387 g/mol. The minimum Gasteiger partial charge on any atom is -0.489 e. The zero-order chi connectivity index (χ0) is 18.7. The molecule has 0 bridgehead atoms. The predicted octanol–water partition coefficient (Wildman–Crippen LogP) is 4.51. The molecule has 3 rings (SSSR count). The lowest BCUT2D eigenvalue weighted by molar-refractivity contribution is 0.0948. The summed E-state index contributed by atoms with van der Waals surface area (Å²) in [6, 6.07) is 14.1. The van der Waals surface area contributed by atoms with E-state index in [1.54, 1.807) is 12.1 Å². The first-order valence-corrected chi connectivity index (χ1v) is 9.11. The Kier molecular flexibility index (Phi) is 6.81. The number of carbonyl (C=O) groups excluding carboxylic acids is 1. The van der Waals surface area contributed by atoms with Gasteiger partial charge in [-0.15, -0.1) is 23.7 Å². The Labute approximate surface area is 167 Å². The molecule has 1 aromatic heterocycles. The van der Waals surface area contributed by atoms with Crippen LogP contribution < -0.4 is 15.8 Å². The van der Waals surface area contributed by atoms with Crippen LogP contribution >= 0.6 is 23.7 Å². The Balaban J connectivity index is 0.00000261. The topological polar surface area (TPSA) is 64.3 Å². The average molecular weight is 409 g/mol. The smallest absolute Gasteiger partial charge is 0.261 e. The van der Waals surface area contributed by atoms with Gasteiger partial charge in [0.05, 0.1) is 4.88 Å². The predicted molar refractivity (Wildman–Crippen MR) is 110 cm³/mol. The lowest BCUT2D eigenvalue weighted by Gasteiger charge is -2.18. The van der Waals surface area contributed by atoms with Gasteiger partial charge in [-0.1, -0.05) is 24.3 Å². The first-order valence-electron chi connectivity index (χ1n) is 8.30. The summed E-state index contributed by atoms with van der Waals surface area (Å²) >= 11 is 1.26. The normalized spacial score (nSPS) is 11.1. The van der Waals surface area contributed by atoms with Crippen molar-refractivity contribution >= 4 is 39.7 Å². The van der Waals surface area contributed by atoms with Crippen molar-refractivity contribution < 1.29 is 13.9 Å². The number of para-hydroxylation sites is 1. The molecule has 0 aliphatic heterocycles. The van der Waals surface area contributed by atoms with E-state index in [9.17, 15) is 9.18 Å². The van der Waals surface area contributed by atoms with Crippen LogP contribution in [-0.4, -0.2) is 18.0 Å². The summed E-state index contributed by atoms with van der Waals surface area (Å²) < 4.78 is 20.9. The lowest BCUT2D eigenvalue weighted by Crippen LogP contribution is -2.45. The first-order chi connectivity index (χ1) is 12.3. The van der Waals surface area contributed by atoms with Crippen LogP contribution in [0.25, 0.3) is 10.1 Å². The van der Waals surface area contributed by atoms with Gasteiger partial charge in [0.1, 0.15) is 18.2 Å². The largest absolute Gasteiger partial charge is 0.489 e. The SMILES string of the molecule is CC(C)(N)CNC(=O)c1sc2cccc(F)c2c1COc1ccccc1.Cl. The third-order valence-corrected chi connectivity index (χ3v) is 5.00. The van der Waals surface area contributed by atoms with Gasteiger partial charge in [-0.3, -0.25) is 4.79 Å². The summed E-state index contributed by atoms with van der Waals surface area (Å²) in [5.74, 6) is 0.0389. The number of nitrogens with two attached hydrogens (primary N) is 1. The van der Waals surface area contributed by atoms with Crippen molar-refractivity contribution in [2.75, 3.05) is 6.54 Å². The molecule has 27 heavy (non-hydrogen) atoms. The van der Waals surface area contributed by atoms with Gasteiger partial charge in [-0.2, -0.15) is 0 Å². The van der Waals surface area contributed by atoms with Crippen molar-refractivity contribution in [1.82, 2.24) is 5.32 Å². The van der Waals surface area contributed by atoms with Gasteiger partial charge in [-0.25, -0.2) is 4.39 Å². The molecule has 0 aliphatic carbocycles. The Morgan fingerprint density at radius 3 is 2.56 bits per heavy atom. The number of halogens is 2. The van der Waals surface area contributed by atoms with E-state index in [2.05, 4.69) is 5.32 Å². The Morgan fingerprint density at radius 1 is 1.19 bits per heavy atom. The van der Waals surface area contributed by atoms with Crippen molar-refractivity contribution in [2.24, 2.45) is 5.73 Å². The van der Waals surface area contributed by atoms with Gasteiger partial charge in [0.25, 0.3) is 5.91 Å². The van der Waals surface area contributed by atoms with Crippen molar-refractivity contribution in [3.05, 3.63) is 64.8 Å². The summed E-state index contributed by atoms with van der Waals surface area (Å²) in [7, 11) is 0. The lowest BCUT2D eigenvalue weighted by atomic mass is 10.1. The minimum absolute atomic E-state index is 0. The molecule has 0 saturated heterocycles. The van der Waals surface area contributed by atoms with Gasteiger partial charge < -0.3 is 15.8 Å². The van der Waals surface area contributed by atoms with Crippen LogP contribution in [0.1, 0.15) is 29.1 Å². The van der Waals surface area contributed by atoms with Crippen LogP contribution in [0.4, 0.5) is 4.39 Å². The van der Waals surface area contributed by atoms with Gasteiger partial charge in [0, 0.05) is 27.7 Å². The van der Waals surface area contributed by atoms with Crippen LogP contribution in [0.15, 0.2) is 48.5 Å². The third kappa shape index (κ3) is 5.19. The standard InChI is InChI=1S/C20H21FN2O2S.ClH/c1-20(2,22)12-23-19(24)18-14(11-25-13-7-4-3-5-8-13)17-15(21)9-6-10-16(17)26-18;/h3-10H,11-12,22H2,1-2H3,(H,23,24);1H. The van der Waals surface area contributed by atoms with E-state index in [0.29, 0.717) is 32.8 Å². The molecule has 3 N–H and O–H groups in total. The highest BCUT2D eigenvalue weighted by Gasteiger charge is 2.22. The molecule has 0 fully saturated rings. The third-order valence-electron chi connectivity index (χ3n) is 3.80. The number of ether oxygens (including phenoxy) is 1. The molecule has 0 atom stereocenters. The van der Waals surface area contributed by atoms with Crippen molar-refractivity contribution in [1.29, 1.82) is 0 Å². The number of hydrogen-bond acceptors (Lipinski definition) is 4. The van der Waals surface area contributed by atoms with Crippen LogP contribution in [0.5, 0.6) is 5.75 Å². The van der Waals surface area contributed by atoms with Crippen molar-refractivity contribution in [3.8, 4) is 5.75 Å². The van der Waals surface area contributed by atoms with Gasteiger partial charge in [-0.05, 0) is 38.1 Å². The molecule has 0 unspecified atom stereocenters. The highest BCUT2D eigenvalue weighted by atomic mass is 35.5. The van der Waals surface area contributed by atoms with Crippen LogP contribution in [-0.2, 0) is 6.61 Å². The van der Waals surface area contributed by atoms with Gasteiger partial charge in [0.15, 0.2) is 0 Å². The Hall–Kier alpha value is -2.15. The molecule has 1 amide bonds. The second kappa shape index (κ2) is 8.69. The molecule has 2 aromatic carbocycles. The van der Waals surface area contributed by atoms with Crippen LogP contribution in [0.3, 0.4) is 0 Å². The van der Waals surface area contributed by atoms with Gasteiger partial charge >= 0.3 is 0 Å². The second-order valence-corrected chi connectivity index (χ2v) is 7.85. The van der Waals surface area contributed by atoms with E-state index >= 15 is 0 Å². The molecule has 144 valence electrons. The second-order valence-electron chi connectivity index (χ2n) is 6.80. The maximum atomic E-state index is 14.4. The van der Waals surface area contributed by atoms with E-state index in [1.165, 1.54) is 17.4 Å². The number of carbonyl (C=O) groups is 1. The molecule has 3 aromatic rings. The van der Waals surface area contributed by atoms with Crippen molar-refractivity contribution in [3.63, 3.8) is 0 Å². The van der Waals surface area contributed by atoms with E-state index < -0.39 is 5.54 Å². The Morgan fingerprint density at radius 2 is 1.89 bits per heavy atom. The maximum absolute atomic E-state index is 14.4. The average Bonchev–Trinajstić information content (AvgIpc) is 2.98. The number of amides is 1. The zero-order valence-corrected chi connectivity index (χ0v) is 16.8. The number of benzene rings is 2. The fourth-order valence-corrected chi connectivity index (χ4v) is 3.69. The molecule has 0 saturated carbocycles. The zero-order valence-electron chi connectivity index (χ0n) is 15.1. The molecule has 0 aliphatic rings. The fourth-order valence-electron chi connectivity index (χ4n) is 2.55. The highest BCUT2D eigenvalue weighted by Crippen LogP contribution is 2.34. The fraction of sp³-hybridized carbons (Fsp3) is 0.250. The van der Waals surface area contributed by atoms with E-state index in [4.69, 9.17) is 10.5 Å². The van der Waals surface area contributed by atoms with Crippen molar-refractivity contribution in [2.45, 2.75) is 26.0 Å². The van der Waals surface area contributed by atoms with E-state index in [-0.39, 0.29) is 30.7 Å². The quantitative estimate of drug-likeness (QED) is 0.630. The number of thiophene rings is 1. The molecule has 7 heteroatoms. The molecule has 4 nitrogen and oxygen atoms in total. The maximum Gasteiger partial charge on any atom is 0.261 e. The summed E-state index contributed by atoms with van der Waals surface area (Å²) in [6.45, 7) is 4.09. The summed E-state index contributed by atoms with van der Waals surface area (Å²) in [6.07, 6.45) is 0. The number of rotatable bonds is 6. The minimum atomic E-state index is -0.529. The number of fused-ring (bicyclic) bond motifs is 1. The highest BCUT2D eigenvalue weighted by molar-refractivity contribution is 7.21. The van der Waals surface area contributed by atoms with E-state index in [0.717, 1.165) is 0 Å². The summed E-state index contributed by atoms with van der Waals surface area (Å²) in [5.41, 5.74) is 5.96. The summed E-state index contributed by atoms with van der Waals surface area (Å²) in [4.78, 5) is 13.1. The van der Waals surface area contributed by atoms with Gasteiger partial charge in [0.2, 0.25) is 0 Å². The Bertz CT molecular complexity index is 923. The van der Waals surface area contributed by atoms with Crippen LogP contribution in [0.2, 0.25) is 0 Å². The molecular formula is C20H22ClFN2O2S. The first kappa shape index (κ1) is 21.2. The number of nitrogens with one attached hydrogen (secondary N) is 1. The molecule has 0 spiro atoms. The van der Waals surface area contributed by atoms with E-state index in [1.807, 2.05) is 44.2 Å².